The van der Waals surface area contributed by atoms with Crippen LogP contribution in [0.5, 0.6) is 0 Å². The molecule has 0 aliphatic rings. The van der Waals surface area contributed by atoms with Crippen molar-refractivity contribution < 1.29 is 24.2 Å². The third kappa shape index (κ3) is 7.27. The number of carboxylic acids is 1. The van der Waals surface area contributed by atoms with Gasteiger partial charge in [0.1, 0.15) is 0 Å². The second kappa shape index (κ2) is 7.60. The summed E-state index contributed by atoms with van der Waals surface area (Å²) in [5, 5.41) is 8.39. The van der Waals surface area contributed by atoms with E-state index in [0.29, 0.717) is 18.4 Å². The minimum absolute atomic E-state index is 0.0352. The third-order valence-electron chi connectivity index (χ3n) is 2.12. The number of ether oxygens (including phenoxy) is 1. The Kier molecular flexibility index (Phi) is 6.86. The zero-order valence-electron chi connectivity index (χ0n) is 10.2. The highest BCUT2D eigenvalue weighted by Gasteiger charge is 2.17. The normalized spacial score (nSPS) is 11.6. The van der Waals surface area contributed by atoms with Crippen molar-refractivity contribution in [2.75, 3.05) is 0 Å². The molecule has 0 saturated carbocycles. The van der Waals surface area contributed by atoms with E-state index >= 15 is 0 Å². The van der Waals surface area contributed by atoms with Gasteiger partial charge in [0.25, 0.3) is 0 Å². The summed E-state index contributed by atoms with van der Waals surface area (Å²) in [6.45, 7) is 6.52. The number of hydrogen-bond acceptors (Lipinski definition) is 4. The van der Waals surface area contributed by atoms with Crippen LogP contribution in [0.1, 0.15) is 39.5 Å². The number of hydrogen-bond donors (Lipinski definition) is 1. The van der Waals surface area contributed by atoms with Crippen LogP contribution in [0.4, 0.5) is 0 Å². The van der Waals surface area contributed by atoms with Gasteiger partial charge in [-0.05, 0) is 32.3 Å². The Labute approximate surface area is 100 Å². The van der Waals surface area contributed by atoms with Gasteiger partial charge in [-0.2, -0.15) is 0 Å². The minimum atomic E-state index is -0.885. The van der Waals surface area contributed by atoms with E-state index in [9.17, 15) is 14.4 Å². The summed E-state index contributed by atoms with van der Waals surface area (Å²) in [4.78, 5) is 32.8. The molecule has 0 bridgehead atoms. The van der Waals surface area contributed by atoms with Gasteiger partial charge in [-0.15, -0.1) is 0 Å². The smallest absolute Gasteiger partial charge is 0.306 e. The summed E-state index contributed by atoms with van der Waals surface area (Å²) < 4.78 is 4.88. The minimum Gasteiger partial charge on any atom is -0.481 e. The topological polar surface area (TPSA) is 80.7 Å². The molecule has 0 amide bonds. The van der Waals surface area contributed by atoms with Crippen LogP contribution in [-0.2, 0) is 19.1 Å². The lowest BCUT2D eigenvalue weighted by Gasteiger charge is -2.11. The van der Waals surface area contributed by atoms with Crippen LogP contribution in [0, 0.1) is 0 Å². The highest BCUT2D eigenvalue weighted by atomic mass is 16.5. The van der Waals surface area contributed by atoms with Crippen LogP contribution >= 0.6 is 0 Å². The van der Waals surface area contributed by atoms with E-state index in [-0.39, 0.29) is 18.6 Å². The zero-order valence-corrected chi connectivity index (χ0v) is 10.2. The Morgan fingerprint density at radius 3 is 2.24 bits per heavy atom. The van der Waals surface area contributed by atoms with Gasteiger partial charge < -0.3 is 9.84 Å². The summed E-state index contributed by atoms with van der Waals surface area (Å²) in [5.41, 5.74) is 0.344. The molecular formula is C12H18O5. The van der Waals surface area contributed by atoms with Gasteiger partial charge in [0.15, 0.2) is 11.9 Å². The van der Waals surface area contributed by atoms with Gasteiger partial charge in [-0.1, -0.05) is 6.58 Å². The number of ketones is 1. The van der Waals surface area contributed by atoms with Crippen LogP contribution in [-0.4, -0.2) is 28.9 Å². The largest absolute Gasteiger partial charge is 0.481 e. The molecule has 96 valence electrons. The maximum absolute atomic E-state index is 11.3. The first-order valence-corrected chi connectivity index (χ1v) is 5.45. The van der Waals surface area contributed by atoms with Crippen molar-refractivity contribution in [3.8, 4) is 0 Å². The quantitative estimate of drug-likeness (QED) is 0.398. The third-order valence-corrected chi connectivity index (χ3v) is 2.12. The van der Waals surface area contributed by atoms with Crippen molar-refractivity contribution in [2.24, 2.45) is 0 Å². The van der Waals surface area contributed by atoms with Gasteiger partial charge >= 0.3 is 11.9 Å². The number of esters is 1. The van der Waals surface area contributed by atoms with Crippen LogP contribution in [0.2, 0.25) is 0 Å². The zero-order chi connectivity index (χ0) is 13.4. The number of carbonyl (C=O) groups excluding carboxylic acids is 2. The molecule has 17 heavy (non-hydrogen) atoms. The number of carbonyl (C=O) groups is 3. The van der Waals surface area contributed by atoms with Gasteiger partial charge in [0.05, 0.1) is 0 Å². The number of Topliss-reactive ketones (excluding diaryl/α,β-unsaturated/α-hetero) is 1. The molecule has 5 heteroatoms. The van der Waals surface area contributed by atoms with E-state index in [0.717, 1.165) is 0 Å². The Morgan fingerprint density at radius 1 is 1.24 bits per heavy atom. The molecule has 0 aromatic rings. The van der Waals surface area contributed by atoms with Crippen molar-refractivity contribution in [1.29, 1.82) is 0 Å². The monoisotopic (exact) mass is 242 g/mol. The highest BCUT2D eigenvalue weighted by molar-refractivity contribution is 5.98. The average molecular weight is 242 g/mol. The van der Waals surface area contributed by atoms with Crippen LogP contribution in [0.15, 0.2) is 12.2 Å². The maximum Gasteiger partial charge on any atom is 0.306 e. The average Bonchev–Trinajstić information content (AvgIpc) is 2.22. The van der Waals surface area contributed by atoms with Crippen LogP contribution in [0.25, 0.3) is 0 Å². The SMILES string of the molecule is C=C(C)C(=O)C(C)OC(=O)CCCCC(=O)O. The van der Waals surface area contributed by atoms with E-state index in [4.69, 9.17) is 9.84 Å². The second-order valence-electron chi connectivity index (χ2n) is 3.88. The summed E-state index contributed by atoms with van der Waals surface area (Å²) >= 11 is 0. The Bertz CT molecular complexity index is 319. The first kappa shape index (κ1) is 15.3. The van der Waals surface area contributed by atoms with Gasteiger partial charge in [0.2, 0.25) is 0 Å². The molecule has 0 fully saturated rings. The molecular weight excluding hydrogens is 224 g/mol. The van der Waals surface area contributed by atoms with E-state index in [1.165, 1.54) is 6.92 Å². The summed E-state index contributed by atoms with van der Waals surface area (Å²) in [7, 11) is 0. The molecule has 0 aromatic heterocycles. The molecule has 0 aliphatic heterocycles. The van der Waals surface area contributed by atoms with E-state index in [1.807, 2.05) is 0 Å². The molecule has 0 aromatic carbocycles. The van der Waals surface area contributed by atoms with E-state index in [2.05, 4.69) is 6.58 Å². The predicted molar refractivity (Wildman–Crippen MR) is 61.5 cm³/mol. The van der Waals surface area contributed by atoms with E-state index in [1.54, 1.807) is 6.92 Å². The fraction of sp³-hybridized carbons (Fsp3) is 0.583. The predicted octanol–water partition coefficient (Wildman–Crippen LogP) is 1.71. The molecule has 0 rings (SSSR count). The number of rotatable bonds is 8. The lowest BCUT2D eigenvalue weighted by Crippen LogP contribution is -2.24. The molecule has 0 heterocycles. The lowest BCUT2D eigenvalue weighted by atomic mass is 10.1. The molecule has 1 atom stereocenters. The Hall–Kier alpha value is -1.65. The standard InChI is InChI=1S/C12H18O5/c1-8(2)12(16)9(3)17-11(15)7-5-4-6-10(13)14/h9H,1,4-7H2,2-3H3,(H,13,14). The molecule has 0 radical (unpaired) electrons. The second-order valence-corrected chi connectivity index (χ2v) is 3.88. The van der Waals surface area contributed by atoms with Crippen molar-refractivity contribution in [3.63, 3.8) is 0 Å². The fourth-order valence-electron chi connectivity index (χ4n) is 1.20. The first-order valence-electron chi connectivity index (χ1n) is 5.45. The number of carboxylic acid groups (broad SMARTS) is 1. The van der Waals surface area contributed by atoms with Crippen molar-refractivity contribution in [2.45, 2.75) is 45.6 Å². The van der Waals surface area contributed by atoms with Crippen LogP contribution in [0.3, 0.4) is 0 Å². The lowest BCUT2D eigenvalue weighted by molar-refractivity contribution is -0.153. The fourth-order valence-corrected chi connectivity index (χ4v) is 1.20. The van der Waals surface area contributed by atoms with Gasteiger partial charge in [-0.3, -0.25) is 14.4 Å². The van der Waals surface area contributed by atoms with Crippen molar-refractivity contribution in [1.82, 2.24) is 0 Å². The molecule has 1 unspecified atom stereocenters. The Balaban J connectivity index is 3.82. The summed E-state index contributed by atoms with van der Waals surface area (Å²) in [5.74, 6) is -1.68. The Morgan fingerprint density at radius 2 is 1.76 bits per heavy atom. The number of unbranched alkanes of at least 4 members (excludes halogenated alkanes) is 1. The summed E-state index contributed by atoms with van der Waals surface area (Å²) in [6.07, 6.45) is 0.209. The summed E-state index contributed by atoms with van der Waals surface area (Å²) in [6, 6.07) is 0. The number of aliphatic carboxylic acids is 1. The van der Waals surface area contributed by atoms with Gasteiger partial charge in [0, 0.05) is 12.8 Å². The molecule has 0 saturated heterocycles. The van der Waals surface area contributed by atoms with Crippen molar-refractivity contribution >= 4 is 17.7 Å². The molecule has 0 aliphatic carbocycles. The molecule has 1 N–H and O–H groups in total. The molecule has 0 spiro atoms. The van der Waals surface area contributed by atoms with Gasteiger partial charge in [-0.25, -0.2) is 0 Å². The highest BCUT2D eigenvalue weighted by Crippen LogP contribution is 2.06. The van der Waals surface area contributed by atoms with E-state index < -0.39 is 18.0 Å². The molecule has 5 nitrogen and oxygen atoms in total. The first-order chi connectivity index (χ1) is 7.84. The van der Waals surface area contributed by atoms with Crippen LogP contribution < -0.4 is 0 Å². The maximum atomic E-state index is 11.3. The van der Waals surface area contributed by atoms with Crippen molar-refractivity contribution in [3.05, 3.63) is 12.2 Å².